The fourth-order valence-corrected chi connectivity index (χ4v) is 2.52. The van der Waals surface area contributed by atoms with Crippen molar-refractivity contribution < 1.29 is 23.1 Å². The third kappa shape index (κ3) is 6.36. The summed E-state index contributed by atoms with van der Waals surface area (Å²) in [5.41, 5.74) is 0.909. The molecule has 2 rings (SSSR count). The van der Waals surface area contributed by atoms with Crippen molar-refractivity contribution in [2.45, 2.75) is 17.6 Å². The van der Waals surface area contributed by atoms with Crippen molar-refractivity contribution in [2.24, 2.45) is 0 Å². The number of rotatable bonds is 8. The average Bonchev–Trinajstić information content (AvgIpc) is 2.61. The fraction of sp³-hybridized carbons (Fsp3) is 0.222. The summed E-state index contributed by atoms with van der Waals surface area (Å²) in [6, 6.07) is 12.5. The molecule has 0 aliphatic carbocycles. The maximum absolute atomic E-state index is 12.3. The molecule has 26 heavy (non-hydrogen) atoms. The number of thioether (sulfide) groups is 1. The molecule has 2 aromatic carbocycles. The first kappa shape index (κ1) is 19.7. The molecule has 2 aromatic rings. The highest BCUT2D eigenvalue weighted by molar-refractivity contribution is 7.99. The van der Waals surface area contributed by atoms with Gasteiger partial charge in [0.1, 0.15) is 5.75 Å². The number of carbonyl (C=O) groups is 2. The van der Waals surface area contributed by atoms with E-state index in [1.807, 2.05) is 6.92 Å². The van der Waals surface area contributed by atoms with Gasteiger partial charge in [0.05, 0.1) is 0 Å². The van der Waals surface area contributed by atoms with Crippen LogP contribution in [0.4, 0.5) is 14.5 Å². The molecule has 0 aliphatic rings. The fourth-order valence-electron chi connectivity index (χ4n) is 2.02. The lowest BCUT2D eigenvalue weighted by atomic mass is 10.2. The van der Waals surface area contributed by atoms with Crippen molar-refractivity contribution >= 4 is 29.3 Å². The minimum atomic E-state index is -2.50. The molecular formula is C18H18F2N2O3S. The molecule has 0 atom stereocenters. The Labute approximate surface area is 154 Å². The summed E-state index contributed by atoms with van der Waals surface area (Å²) in [7, 11) is 0. The van der Waals surface area contributed by atoms with Crippen LogP contribution in [0.5, 0.6) is 5.75 Å². The Kier molecular flexibility index (Phi) is 7.40. The summed E-state index contributed by atoms with van der Waals surface area (Å²) in [5.74, 6) is -2.56. The second kappa shape index (κ2) is 9.76. The molecule has 0 aliphatic heterocycles. The molecule has 0 fully saturated rings. The van der Waals surface area contributed by atoms with Crippen molar-refractivity contribution in [1.29, 1.82) is 0 Å². The molecule has 0 bridgehead atoms. The summed E-state index contributed by atoms with van der Waals surface area (Å²) in [6.07, 6.45) is 0. The van der Waals surface area contributed by atoms with Gasteiger partial charge in [0.2, 0.25) is 0 Å². The lowest BCUT2D eigenvalue weighted by Crippen LogP contribution is -2.28. The van der Waals surface area contributed by atoms with E-state index in [-0.39, 0.29) is 18.4 Å². The van der Waals surface area contributed by atoms with E-state index >= 15 is 0 Å². The smallest absolute Gasteiger partial charge is 0.288 e. The van der Waals surface area contributed by atoms with Gasteiger partial charge in [-0.1, -0.05) is 11.8 Å². The van der Waals surface area contributed by atoms with Crippen LogP contribution < -0.4 is 15.4 Å². The zero-order chi connectivity index (χ0) is 18.9. The van der Waals surface area contributed by atoms with Crippen molar-refractivity contribution in [2.75, 3.05) is 18.5 Å². The highest BCUT2D eigenvalue weighted by Crippen LogP contribution is 2.25. The zero-order valence-electron chi connectivity index (χ0n) is 14.0. The summed E-state index contributed by atoms with van der Waals surface area (Å²) < 4.78 is 29.9. The summed E-state index contributed by atoms with van der Waals surface area (Å²) >= 11 is 0.427. The number of alkyl halides is 2. The van der Waals surface area contributed by atoms with E-state index in [0.717, 1.165) is 0 Å². The molecule has 8 heteroatoms. The van der Waals surface area contributed by atoms with Gasteiger partial charge < -0.3 is 15.4 Å². The largest absolute Gasteiger partial charge is 0.484 e. The number of benzene rings is 2. The normalized spacial score (nSPS) is 10.5. The predicted molar refractivity (Wildman–Crippen MR) is 96.9 cm³/mol. The third-order valence-electron chi connectivity index (χ3n) is 3.20. The maximum Gasteiger partial charge on any atom is 0.288 e. The Morgan fingerprint density at radius 1 is 1.08 bits per heavy atom. The zero-order valence-corrected chi connectivity index (χ0v) is 14.8. The number of amides is 2. The van der Waals surface area contributed by atoms with Crippen LogP contribution in [0.2, 0.25) is 0 Å². The number of hydrogen-bond acceptors (Lipinski definition) is 4. The molecule has 0 aromatic heterocycles. The SMILES string of the molecule is CCNC(=O)COc1ccc(NC(=O)c2ccc(SC(F)F)cc2)cc1. The highest BCUT2D eigenvalue weighted by atomic mass is 32.2. The summed E-state index contributed by atoms with van der Waals surface area (Å²) in [6.45, 7) is 2.28. The molecule has 0 saturated carbocycles. The van der Waals surface area contributed by atoms with Gasteiger partial charge in [-0.25, -0.2) is 0 Å². The Morgan fingerprint density at radius 2 is 1.73 bits per heavy atom. The van der Waals surface area contributed by atoms with Crippen molar-refractivity contribution in [3.63, 3.8) is 0 Å². The third-order valence-corrected chi connectivity index (χ3v) is 3.92. The molecule has 2 amide bonds. The molecule has 0 spiro atoms. The highest BCUT2D eigenvalue weighted by Gasteiger charge is 2.09. The van der Waals surface area contributed by atoms with Gasteiger partial charge in [0.25, 0.3) is 17.6 Å². The van der Waals surface area contributed by atoms with Crippen LogP contribution in [0.3, 0.4) is 0 Å². The average molecular weight is 380 g/mol. The lowest BCUT2D eigenvalue weighted by molar-refractivity contribution is -0.122. The molecule has 0 unspecified atom stereocenters. The number of likely N-dealkylation sites (N-methyl/N-ethyl adjacent to an activating group) is 1. The van der Waals surface area contributed by atoms with Crippen LogP contribution in [-0.4, -0.2) is 30.7 Å². The molecule has 0 radical (unpaired) electrons. The van der Waals surface area contributed by atoms with Gasteiger partial charge in [0, 0.05) is 22.7 Å². The van der Waals surface area contributed by atoms with Crippen LogP contribution in [0, 0.1) is 0 Å². The van der Waals surface area contributed by atoms with Crippen LogP contribution in [0.1, 0.15) is 17.3 Å². The minimum absolute atomic E-state index is 0.0808. The number of anilines is 1. The van der Waals surface area contributed by atoms with Crippen molar-refractivity contribution in [3.05, 3.63) is 54.1 Å². The lowest BCUT2D eigenvalue weighted by Gasteiger charge is -2.09. The number of carbonyl (C=O) groups excluding carboxylic acids is 2. The molecule has 2 N–H and O–H groups in total. The summed E-state index contributed by atoms with van der Waals surface area (Å²) in [4.78, 5) is 23.9. The van der Waals surface area contributed by atoms with Crippen molar-refractivity contribution in [3.8, 4) is 5.75 Å². The Bertz CT molecular complexity index is 737. The van der Waals surface area contributed by atoms with E-state index in [1.54, 1.807) is 24.3 Å². The number of nitrogens with one attached hydrogen (secondary N) is 2. The van der Waals surface area contributed by atoms with E-state index in [9.17, 15) is 18.4 Å². The minimum Gasteiger partial charge on any atom is -0.484 e. The van der Waals surface area contributed by atoms with Gasteiger partial charge in [-0.2, -0.15) is 8.78 Å². The van der Waals surface area contributed by atoms with Crippen molar-refractivity contribution in [1.82, 2.24) is 5.32 Å². The second-order valence-corrected chi connectivity index (χ2v) is 6.19. The van der Waals surface area contributed by atoms with Gasteiger partial charge in [-0.3, -0.25) is 9.59 Å². The van der Waals surface area contributed by atoms with E-state index in [2.05, 4.69) is 10.6 Å². The molecule has 138 valence electrons. The van der Waals surface area contributed by atoms with Crippen LogP contribution in [0.25, 0.3) is 0 Å². The van der Waals surface area contributed by atoms with Gasteiger partial charge in [-0.05, 0) is 55.5 Å². The predicted octanol–water partition coefficient (Wildman–Crippen LogP) is 3.77. The molecule has 0 heterocycles. The maximum atomic E-state index is 12.3. The second-order valence-electron chi connectivity index (χ2n) is 5.12. The number of hydrogen-bond donors (Lipinski definition) is 2. The Hall–Kier alpha value is -2.61. The first-order chi connectivity index (χ1) is 12.5. The topological polar surface area (TPSA) is 67.4 Å². The van der Waals surface area contributed by atoms with Gasteiger partial charge in [-0.15, -0.1) is 0 Å². The van der Waals surface area contributed by atoms with Gasteiger partial charge in [0.15, 0.2) is 6.61 Å². The molecule has 5 nitrogen and oxygen atoms in total. The number of ether oxygens (including phenoxy) is 1. The van der Waals surface area contributed by atoms with E-state index in [1.165, 1.54) is 24.3 Å². The first-order valence-corrected chi connectivity index (χ1v) is 8.71. The van der Waals surface area contributed by atoms with E-state index in [0.29, 0.717) is 40.2 Å². The van der Waals surface area contributed by atoms with Crippen LogP contribution in [0.15, 0.2) is 53.4 Å². The first-order valence-electron chi connectivity index (χ1n) is 7.83. The van der Waals surface area contributed by atoms with E-state index < -0.39 is 5.76 Å². The Balaban J connectivity index is 1.89. The Morgan fingerprint density at radius 3 is 2.31 bits per heavy atom. The molecule has 0 saturated heterocycles. The van der Waals surface area contributed by atoms with Gasteiger partial charge >= 0.3 is 0 Å². The van der Waals surface area contributed by atoms with Crippen LogP contribution >= 0.6 is 11.8 Å². The monoisotopic (exact) mass is 380 g/mol. The standard InChI is InChI=1S/C18H18F2N2O3S/c1-2-21-16(23)11-25-14-7-5-13(6-8-14)22-17(24)12-3-9-15(10-4-12)26-18(19)20/h3-10,18H,2,11H2,1H3,(H,21,23)(H,22,24). The van der Waals surface area contributed by atoms with E-state index in [4.69, 9.17) is 4.74 Å². The summed E-state index contributed by atoms with van der Waals surface area (Å²) in [5, 5.41) is 5.32. The molecular weight excluding hydrogens is 362 g/mol. The van der Waals surface area contributed by atoms with Crippen LogP contribution in [-0.2, 0) is 4.79 Å². The number of halogens is 2. The quantitative estimate of drug-likeness (QED) is 0.684.